The first-order valence-corrected chi connectivity index (χ1v) is 10.5. The molecule has 0 radical (unpaired) electrons. The van der Waals surface area contributed by atoms with Crippen molar-refractivity contribution < 1.29 is 23.6 Å². The maximum atomic E-state index is 13.0. The molecule has 1 heterocycles. The molecule has 0 amide bonds. The van der Waals surface area contributed by atoms with Crippen LogP contribution in [0.2, 0.25) is 0 Å². The Morgan fingerprint density at radius 2 is 1.79 bits per heavy atom. The van der Waals surface area contributed by atoms with E-state index in [2.05, 4.69) is 0 Å². The van der Waals surface area contributed by atoms with E-state index in [0.29, 0.717) is 5.75 Å². The van der Waals surface area contributed by atoms with Crippen molar-refractivity contribution in [3.8, 4) is 17.2 Å². The first kappa shape index (κ1) is 22.7. The number of carbonyl (C=O) groups is 1. The molecule has 4 aromatic rings. The molecule has 0 fully saturated rings. The Balaban J connectivity index is 1.62. The van der Waals surface area contributed by atoms with E-state index in [0.717, 1.165) is 5.56 Å². The van der Waals surface area contributed by atoms with Gasteiger partial charge in [-0.3, -0.25) is 14.9 Å². The minimum atomic E-state index is -0.756. The van der Waals surface area contributed by atoms with Crippen molar-refractivity contribution in [2.45, 2.75) is 26.7 Å². The van der Waals surface area contributed by atoms with Gasteiger partial charge in [-0.05, 0) is 42.7 Å². The van der Waals surface area contributed by atoms with E-state index in [-0.39, 0.29) is 50.6 Å². The minimum Gasteiger partial charge on any atom is -0.460 e. The number of nitro benzene ring substituents is 1. The summed E-state index contributed by atoms with van der Waals surface area (Å²) in [4.78, 5) is 36.1. The second-order valence-electron chi connectivity index (χ2n) is 7.98. The van der Waals surface area contributed by atoms with Crippen LogP contribution in [0, 0.1) is 17.0 Å². The SMILES string of the molecule is Cc1c(C(=O)Oc2ccc3c(=O)c(Oc4ccccc4C(C)C)coc3c2)cccc1[N+](=O)[O-]. The quantitative estimate of drug-likeness (QED) is 0.147. The number of fused-ring (bicyclic) bond motifs is 1. The topological polar surface area (TPSA) is 109 Å². The molecule has 0 aliphatic carbocycles. The lowest BCUT2D eigenvalue weighted by molar-refractivity contribution is -0.385. The van der Waals surface area contributed by atoms with Gasteiger partial charge >= 0.3 is 5.97 Å². The fourth-order valence-electron chi connectivity index (χ4n) is 3.60. The number of hydrogen-bond donors (Lipinski definition) is 0. The Kier molecular flexibility index (Phi) is 6.14. The van der Waals surface area contributed by atoms with Crippen LogP contribution in [0.25, 0.3) is 11.0 Å². The van der Waals surface area contributed by atoms with Crippen LogP contribution in [0.3, 0.4) is 0 Å². The Bertz CT molecular complexity index is 1470. The van der Waals surface area contributed by atoms with Gasteiger partial charge in [0.15, 0.2) is 0 Å². The number of hydrogen-bond acceptors (Lipinski definition) is 7. The summed E-state index contributed by atoms with van der Waals surface area (Å²) in [6.45, 7) is 5.54. The highest BCUT2D eigenvalue weighted by atomic mass is 16.6. The standard InChI is InChI=1S/C26H21NO7/c1-15(2)18-7-4-5-10-22(18)34-24-14-32-23-13-17(11-12-20(23)25(24)28)33-26(29)19-8-6-9-21(16(19)3)27(30)31/h4-15H,1-3H3. The lowest BCUT2D eigenvalue weighted by Crippen LogP contribution is -2.11. The third-order valence-electron chi connectivity index (χ3n) is 5.41. The van der Waals surface area contributed by atoms with Gasteiger partial charge in [0.2, 0.25) is 11.2 Å². The van der Waals surface area contributed by atoms with E-state index in [1.165, 1.54) is 49.6 Å². The van der Waals surface area contributed by atoms with Crippen LogP contribution in [0.4, 0.5) is 5.69 Å². The third-order valence-corrected chi connectivity index (χ3v) is 5.41. The Hall–Kier alpha value is -4.46. The maximum Gasteiger partial charge on any atom is 0.344 e. The predicted molar refractivity (Wildman–Crippen MR) is 126 cm³/mol. The molecule has 0 unspecified atom stereocenters. The van der Waals surface area contributed by atoms with Gasteiger partial charge in [0.25, 0.3) is 5.69 Å². The fraction of sp³-hybridized carbons (Fsp3) is 0.154. The maximum absolute atomic E-state index is 13.0. The molecular formula is C26H21NO7. The molecule has 0 saturated heterocycles. The highest BCUT2D eigenvalue weighted by Crippen LogP contribution is 2.30. The number of nitro groups is 1. The third kappa shape index (κ3) is 4.38. The van der Waals surface area contributed by atoms with Crippen LogP contribution in [0.15, 0.2) is 76.1 Å². The van der Waals surface area contributed by atoms with Crippen LogP contribution >= 0.6 is 0 Å². The fourth-order valence-corrected chi connectivity index (χ4v) is 3.60. The van der Waals surface area contributed by atoms with Crippen molar-refractivity contribution in [1.29, 1.82) is 0 Å². The zero-order valence-electron chi connectivity index (χ0n) is 18.7. The van der Waals surface area contributed by atoms with E-state index >= 15 is 0 Å². The smallest absolute Gasteiger partial charge is 0.344 e. The monoisotopic (exact) mass is 459 g/mol. The molecule has 0 aliphatic rings. The average molecular weight is 459 g/mol. The van der Waals surface area contributed by atoms with E-state index in [4.69, 9.17) is 13.9 Å². The van der Waals surface area contributed by atoms with E-state index < -0.39 is 10.9 Å². The Morgan fingerprint density at radius 3 is 2.53 bits per heavy atom. The highest BCUT2D eigenvalue weighted by molar-refractivity contribution is 5.94. The summed E-state index contributed by atoms with van der Waals surface area (Å²) in [6.07, 6.45) is 1.22. The van der Waals surface area contributed by atoms with Crippen LogP contribution in [0.5, 0.6) is 17.2 Å². The lowest BCUT2D eigenvalue weighted by atomic mass is 10.0. The van der Waals surface area contributed by atoms with Gasteiger partial charge in [-0.25, -0.2) is 4.79 Å². The summed E-state index contributed by atoms with van der Waals surface area (Å²) in [5, 5.41) is 11.4. The molecule has 172 valence electrons. The van der Waals surface area contributed by atoms with Crippen LogP contribution in [0.1, 0.15) is 41.3 Å². The summed E-state index contributed by atoms with van der Waals surface area (Å²) in [5.74, 6) is 0.189. The van der Waals surface area contributed by atoms with Crippen molar-refractivity contribution in [3.05, 3.63) is 104 Å². The molecule has 0 atom stereocenters. The molecule has 8 heteroatoms. The van der Waals surface area contributed by atoms with Gasteiger partial charge in [-0.2, -0.15) is 0 Å². The number of carbonyl (C=O) groups excluding carboxylic acids is 1. The van der Waals surface area contributed by atoms with Crippen molar-refractivity contribution in [2.75, 3.05) is 0 Å². The molecule has 34 heavy (non-hydrogen) atoms. The van der Waals surface area contributed by atoms with Crippen molar-refractivity contribution in [2.24, 2.45) is 0 Å². The molecule has 8 nitrogen and oxygen atoms in total. The predicted octanol–water partition coefficient (Wildman–Crippen LogP) is 6.14. The second kappa shape index (κ2) is 9.19. The molecule has 4 rings (SSSR count). The molecule has 0 aliphatic heterocycles. The molecule has 1 aromatic heterocycles. The number of benzene rings is 3. The average Bonchev–Trinajstić information content (AvgIpc) is 2.81. The van der Waals surface area contributed by atoms with E-state index in [1.807, 2.05) is 32.0 Å². The van der Waals surface area contributed by atoms with Crippen molar-refractivity contribution in [3.63, 3.8) is 0 Å². The molecule has 0 saturated carbocycles. The van der Waals surface area contributed by atoms with Crippen molar-refractivity contribution in [1.82, 2.24) is 0 Å². The molecule has 0 N–H and O–H groups in total. The lowest BCUT2D eigenvalue weighted by Gasteiger charge is -2.13. The van der Waals surface area contributed by atoms with Gasteiger partial charge < -0.3 is 13.9 Å². The minimum absolute atomic E-state index is 0.0394. The molecular weight excluding hydrogens is 438 g/mol. The van der Waals surface area contributed by atoms with Crippen LogP contribution in [-0.2, 0) is 0 Å². The summed E-state index contributed by atoms with van der Waals surface area (Å²) < 4.78 is 16.8. The van der Waals surface area contributed by atoms with Crippen LogP contribution < -0.4 is 14.9 Å². The van der Waals surface area contributed by atoms with Gasteiger partial charge in [0.1, 0.15) is 23.3 Å². The summed E-state index contributed by atoms with van der Waals surface area (Å²) in [7, 11) is 0. The molecule has 0 bridgehead atoms. The highest BCUT2D eigenvalue weighted by Gasteiger charge is 2.20. The number of esters is 1. The van der Waals surface area contributed by atoms with E-state index in [1.54, 1.807) is 6.07 Å². The van der Waals surface area contributed by atoms with Crippen molar-refractivity contribution >= 4 is 22.6 Å². The summed E-state index contributed by atoms with van der Waals surface area (Å²) in [5.41, 5.74) is 0.894. The van der Waals surface area contributed by atoms with E-state index in [9.17, 15) is 19.7 Å². The summed E-state index contributed by atoms with van der Waals surface area (Å²) >= 11 is 0. The number of para-hydroxylation sites is 1. The Labute approximate surface area is 194 Å². The zero-order chi connectivity index (χ0) is 24.4. The first-order valence-electron chi connectivity index (χ1n) is 10.5. The van der Waals surface area contributed by atoms with Gasteiger partial charge in [-0.1, -0.05) is 38.1 Å². The van der Waals surface area contributed by atoms with Gasteiger partial charge in [0.05, 0.1) is 15.9 Å². The number of nitrogens with zero attached hydrogens (tertiary/aromatic N) is 1. The van der Waals surface area contributed by atoms with Gasteiger partial charge in [0, 0.05) is 17.7 Å². The van der Waals surface area contributed by atoms with Crippen LogP contribution in [-0.4, -0.2) is 10.9 Å². The summed E-state index contributed by atoms with van der Waals surface area (Å²) in [6, 6.07) is 16.0. The zero-order valence-corrected chi connectivity index (χ0v) is 18.7. The first-order chi connectivity index (χ1) is 16.3. The molecule has 3 aromatic carbocycles. The number of rotatable bonds is 6. The second-order valence-corrected chi connectivity index (χ2v) is 7.98. The largest absolute Gasteiger partial charge is 0.460 e. The number of ether oxygens (including phenoxy) is 2. The van der Waals surface area contributed by atoms with Gasteiger partial charge in [-0.15, -0.1) is 0 Å². The normalized spacial score (nSPS) is 10.9. The molecule has 0 spiro atoms. The Morgan fingerprint density at radius 1 is 1.03 bits per heavy atom.